The van der Waals surface area contributed by atoms with Gasteiger partial charge < -0.3 is 20.4 Å². The van der Waals surface area contributed by atoms with Crippen LogP contribution < -0.4 is 16.0 Å². The molecule has 0 saturated heterocycles. The molecule has 0 spiro atoms. The first-order valence-corrected chi connectivity index (χ1v) is 10.1. The zero-order valence-corrected chi connectivity index (χ0v) is 17.2. The Labute approximate surface area is 176 Å². The summed E-state index contributed by atoms with van der Waals surface area (Å²) in [5.74, 6) is 1.34. The van der Waals surface area contributed by atoms with E-state index in [9.17, 15) is 4.79 Å². The fourth-order valence-corrected chi connectivity index (χ4v) is 2.89. The summed E-state index contributed by atoms with van der Waals surface area (Å²) < 4.78 is 7.15. The van der Waals surface area contributed by atoms with Gasteiger partial charge in [0.25, 0.3) is 5.91 Å². The Morgan fingerprint density at radius 3 is 2.87 bits per heavy atom. The van der Waals surface area contributed by atoms with Gasteiger partial charge in [-0.3, -0.25) is 9.48 Å². The van der Waals surface area contributed by atoms with E-state index in [-0.39, 0.29) is 5.91 Å². The van der Waals surface area contributed by atoms with Crippen LogP contribution in [0.5, 0.6) is 0 Å². The van der Waals surface area contributed by atoms with Crippen LogP contribution in [0.4, 0.5) is 0 Å². The Kier molecular flexibility index (Phi) is 8.08. The minimum atomic E-state index is -0.138. The van der Waals surface area contributed by atoms with Crippen LogP contribution in [0, 0.1) is 0 Å². The van der Waals surface area contributed by atoms with Gasteiger partial charge in [0.2, 0.25) is 0 Å². The highest BCUT2D eigenvalue weighted by atomic mass is 16.3. The second-order valence-corrected chi connectivity index (χ2v) is 6.71. The van der Waals surface area contributed by atoms with E-state index in [0.717, 1.165) is 43.3 Å². The van der Waals surface area contributed by atoms with Crippen LogP contribution in [-0.2, 0) is 19.6 Å². The Morgan fingerprint density at radius 1 is 1.17 bits per heavy atom. The molecule has 2 heterocycles. The molecular formula is C22H28N6O2. The first-order chi connectivity index (χ1) is 14.7. The van der Waals surface area contributed by atoms with Gasteiger partial charge in [-0.15, -0.1) is 0 Å². The second kappa shape index (κ2) is 11.5. The van der Waals surface area contributed by atoms with Crippen LogP contribution in [0.1, 0.15) is 35.0 Å². The number of rotatable bonds is 10. The van der Waals surface area contributed by atoms with Gasteiger partial charge in [-0.2, -0.15) is 5.10 Å². The molecule has 0 unspecified atom stereocenters. The highest BCUT2D eigenvalue weighted by Crippen LogP contribution is 2.08. The standard InChI is InChI=1S/C22H28N6O2/c1-2-23-22(24-10-5-12-28-13-6-11-27-28)26-16-18-7-3-8-19(15-18)21(29)25-17-20-9-4-14-30-20/h3-4,6-9,11,13-15H,2,5,10,12,16-17H2,1H3,(H,25,29)(H2,23,24,26). The molecule has 0 atom stereocenters. The van der Waals surface area contributed by atoms with Gasteiger partial charge in [0.1, 0.15) is 5.76 Å². The Morgan fingerprint density at radius 2 is 2.10 bits per heavy atom. The average Bonchev–Trinajstić information content (AvgIpc) is 3.47. The molecule has 0 radical (unpaired) electrons. The molecule has 3 rings (SSSR count). The van der Waals surface area contributed by atoms with Gasteiger partial charge in [-0.1, -0.05) is 12.1 Å². The maximum absolute atomic E-state index is 12.4. The molecule has 8 nitrogen and oxygen atoms in total. The third-order valence-electron chi connectivity index (χ3n) is 4.37. The van der Waals surface area contributed by atoms with Gasteiger partial charge in [0.05, 0.1) is 19.4 Å². The van der Waals surface area contributed by atoms with Crippen molar-refractivity contribution < 1.29 is 9.21 Å². The van der Waals surface area contributed by atoms with Crippen LogP contribution in [0.25, 0.3) is 0 Å². The lowest BCUT2D eigenvalue weighted by Crippen LogP contribution is -2.38. The fourth-order valence-electron chi connectivity index (χ4n) is 2.89. The molecule has 0 aliphatic carbocycles. The van der Waals surface area contributed by atoms with E-state index in [1.54, 1.807) is 24.6 Å². The van der Waals surface area contributed by atoms with Crippen molar-refractivity contribution in [1.29, 1.82) is 0 Å². The van der Waals surface area contributed by atoms with Crippen molar-refractivity contribution in [2.45, 2.75) is 33.0 Å². The number of carbonyl (C=O) groups is 1. The molecule has 3 aromatic rings. The molecular weight excluding hydrogens is 380 g/mol. The number of furan rings is 1. The topological polar surface area (TPSA) is 96.5 Å². The summed E-state index contributed by atoms with van der Waals surface area (Å²) >= 11 is 0. The number of amides is 1. The zero-order valence-electron chi connectivity index (χ0n) is 17.2. The Balaban J connectivity index is 1.50. The highest BCUT2D eigenvalue weighted by Gasteiger charge is 2.07. The highest BCUT2D eigenvalue weighted by molar-refractivity contribution is 5.94. The number of guanidine groups is 1. The van der Waals surface area contributed by atoms with Crippen molar-refractivity contribution in [3.05, 3.63) is 78.0 Å². The van der Waals surface area contributed by atoms with E-state index in [1.807, 2.05) is 48.1 Å². The zero-order chi connectivity index (χ0) is 21.0. The van der Waals surface area contributed by atoms with Crippen molar-refractivity contribution in [1.82, 2.24) is 25.7 Å². The molecule has 30 heavy (non-hydrogen) atoms. The lowest BCUT2D eigenvalue weighted by molar-refractivity contribution is 0.0948. The van der Waals surface area contributed by atoms with E-state index in [1.165, 1.54) is 0 Å². The van der Waals surface area contributed by atoms with Crippen LogP contribution in [-0.4, -0.2) is 34.7 Å². The predicted octanol–water partition coefficient (Wildman–Crippen LogP) is 2.55. The van der Waals surface area contributed by atoms with Gasteiger partial charge in [0, 0.05) is 37.6 Å². The second-order valence-electron chi connectivity index (χ2n) is 6.71. The third-order valence-corrected chi connectivity index (χ3v) is 4.37. The summed E-state index contributed by atoms with van der Waals surface area (Å²) in [6, 6.07) is 13.0. The molecule has 8 heteroatoms. The number of carbonyl (C=O) groups excluding carboxylic acids is 1. The third kappa shape index (κ3) is 6.80. The number of nitrogens with zero attached hydrogens (tertiary/aromatic N) is 3. The molecule has 0 aliphatic rings. The molecule has 0 saturated carbocycles. The summed E-state index contributed by atoms with van der Waals surface area (Å²) in [5, 5.41) is 13.6. The lowest BCUT2D eigenvalue weighted by atomic mass is 10.1. The summed E-state index contributed by atoms with van der Waals surface area (Å²) in [5.41, 5.74) is 1.57. The fraction of sp³-hybridized carbons (Fsp3) is 0.318. The Bertz CT molecular complexity index is 919. The minimum absolute atomic E-state index is 0.138. The van der Waals surface area contributed by atoms with E-state index in [4.69, 9.17) is 4.42 Å². The first kappa shape index (κ1) is 21.2. The van der Waals surface area contributed by atoms with Crippen LogP contribution >= 0.6 is 0 Å². The van der Waals surface area contributed by atoms with Crippen molar-refractivity contribution in [2.75, 3.05) is 13.1 Å². The summed E-state index contributed by atoms with van der Waals surface area (Å²) in [7, 11) is 0. The molecule has 1 aromatic carbocycles. The van der Waals surface area contributed by atoms with E-state index in [0.29, 0.717) is 18.7 Å². The van der Waals surface area contributed by atoms with Gasteiger partial charge >= 0.3 is 0 Å². The number of aryl methyl sites for hydroxylation is 1. The van der Waals surface area contributed by atoms with Crippen molar-refractivity contribution >= 4 is 11.9 Å². The maximum atomic E-state index is 12.4. The quantitative estimate of drug-likeness (QED) is 0.272. The summed E-state index contributed by atoms with van der Waals surface area (Å²) in [4.78, 5) is 17.0. The van der Waals surface area contributed by atoms with Crippen LogP contribution in [0.15, 0.2) is 70.5 Å². The van der Waals surface area contributed by atoms with Crippen LogP contribution in [0.2, 0.25) is 0 Å². The smallest absolute Gasteiger partial charge is 0.251 e. The predicted molar refractivity (Wildman–Crippen MR) is 116 cm³/mol. The van der Waals surface area contributed by atoms with Gasteiger partial charge in [0.15, 0.2) is 5.96 Å². The molecule has 3 N–H and O–H groups in total. The van der Waals surface area contributed by atoms with Crippen molar-refractivity contribution in [3.8, 4) is 0 Å². The molecule has 0 fully saturated rings. The van der Waals surface area contributed by atoms with E-state index in [2.05, 4.69) is 26.0 Å². The maximum Gasteiger partial charge on any atom is 0.251 e. The SMILES string of the molecule is CCNC(=NCc1cccc(C(=O)NCc2ccco2)c1)NCCCn1cccn1. The molecule has 158 valence electrons. The first-order valence-electron chi connectivity index (χ1n) is 10.1. The number of hydrogen-bond donors (Lipinski definition) is 3. The average molecular weight is 409 g/mol. The largest absolute Gasteiger partial charge is 0.467 e. The van der Waals surface area contributed by atoms with Gasteiger partial charge in [-0.05, 0) is 49.2 Å². The van der Waals surface area contributed by atoms with Crippen LogP contribution in [0.3, 0.4) is 0 Å². The number of aromatic nitrogens is 2. The van der Waals surface area contributed by atoms with Crippen molar-refractivity contribution in [3.63, 3.8) is 0 Å². The number of hydrogen-bond acceptors (Lipinski definition) is 4. The normalized spacial score (nSPS) is 11.3. The van der Waals surface area contributed by atoms with Gasteiger partial charge in [-0.25, -0.2) is 4.99 Å². The summed E-state index contributed by atoms with van der Waals surface area (Å²) in [6.45, 7) is 5.30. The monoisotopic (exact) mass is 408 g/mol. The molecule has 0 bridgehead atoms. The van der Waals surface area contributed by atoms with E-state index < -0.39 is 0 Å². The summed E-state index contributed by atoms with van der Waals surface area (Å²) in [6.07, 6.45) is 6.27. The minimum Gasteiger partial charge on any atom is -0.467 e. The molecule has 0 aliphatic heterocycles. The van der Waals surface area contributed by atoms with E-state index >= 15 is 0 Å². The number of aliphatic imine (C=N–C) groups is 1. The Hall–Kier alpha value is -3.55. The lowest BCUT2D eigenvalue weighted by Gasteiger charge is -2.11. The molecule has 1 amide bonds. The number of nitrogens with one attached hydrogen (secondary N) is 3. The van der Waals surface area contributed by atoms with Crippen molar-refractivity contribution in [2.24, 2.45) is 4.99 Å². The number of benzene rings is 1. The molecule has 2 aromatic heterocycles.